The van der Waals surface area contributed by atoms with Crippen molar-refractivity contribution >= 4 is 11.6 Å². The zero-order valence-electron chi connectivity index (χ0n) is 12.7. The van der Waals surface area contributed by atoms with Crippen LogP contribution in [0.5, 0.6) is 0 Å². The summed E-state index contributed by atoms with van der Waals surface area (Å²) in [7, 11) is 0. The van der Waals surface area contributed by atoms with Gasteiger partial charge in [0, 0.05) is 11.3 Å². The lowest BCUT2D eigenvalue weighted by atomic mass is 10.1. The molecule has 0 atom stereocenters. The highest BCUT2D eigenvalue weighted by Crippen LogP contribution is 2.15. The molecule has 0 aliphatic carbocycles. The summed E-state index contributed by atoms with van der Waals surface area (Å²) in [5, 5.41) is 15.6. The molecule has 0 bridgehead atoms. The Bertz CT molecular complexity index is 656. The van der Waals surface area contributed by atoms with Gasteiger partial charge in [-0.25, -0.2) is 0 Å². The molecule has 0 aliphatic heterocycles. The van der Waals surface area contributed by atoms with Crippen LogP contribution in [0.4, 0.5) is 5.69 Å². The number of hydrogen-bond acceptors (Lipinski definition) is 5. The molecule has 2 aromatic rings. The first-order valence-corrected chi connectivity index (χ1v) is 6.71. The topological polar surface area (TPSA) is 98.7 Å². The van der Waals surface area contributed by atoms with Crippen LogP contribution >= 0.6 is 0 Å². The summed E-state index contributed by atoms with van der Waals surface area (Å²) in [5.41, 5.74) is 7.33. The number of anilines is 1. The Balaban J connectivity index is 2.05. The zero-order chi connectivity index (χ0) is 15.6. The van der Waals surface area contributed by atoms with Gasteiger partial charge in [-0.1, -0.05) is 0 Å². The third-order valence-electron chi connectivity index (χ3n) is 3.00. The summed E-state index contributed by atoms with van der Waals surface area (Å²) in [6, 6.07) is 5.38. The third kappa shape index (κ3) is 3.56. The van der Waals surface area contributed by atoms with Crippen LogP contribution in [0.15, 0.2) is 18.2 Å². The molecule has 1 aromatic heterocycles. The minimum atomic E-state index is -0.422. The van der Waals surface area contributed by atoms with Crippen molar-refractivity contribution < 1.29 is 4.79 Å². The van der Waals surface area contributed by atoms with Gasteiger partial charge < -0.3 is 11.1 Å². The molecule has 0 radical (unpaired) electrons. The molecule has 1 amide bonds. The fourth-order valence-electron chi connectivity index (χ4n) is 1.83. The molecule has 7 nitrogen and oxygen atoms in total. The van der Waals surface area contributed by atoms with Crippen LogP contribution in [0.1, 0.15) is 42.5 Å². The Hall–Kier alpha value is -2.44. The lowest BCUT2D eigenvalue weighted by Crippen LogP contribution is -2.24. The number of benzene rings is 1. The number of tetrazole rings is 1. The normalized spacial score (nSPS) is 11.4. The summed E-state index contributed by atoms with van der Waals surface area (Å²) in [6.45, 7) is 8.35. The van der Waals surface area contributed by atoms with E-state index < -0.39 is 5.91 Å². The van der Waals surface area contributed by atoms with Crippen LogP contribution in [0.3, 0.4) is 0 Å². The van der Waals surface area contributed by atoms with Crippen LogP contribution in [0.2, 0.25) is 0 Å². The molecule has 0 fully saturated rings. The van der Waals surface area contributed by atoms with E-state index in [2.05, 4.69) is 20.7 Å². The predicted octanol–water partition coefficient (Wildman–Crippen LogP) is 1.45. The average Bonchev–Trinajstić information content (AvgIpc) is 2.84. The molecule has 21 heavy (non-hydrogen) atoms. The maximum atomic E-state index is 11.2. The van der Waals surface area contributed by atoms with Crippen molar-refractivity contribution in [3.63, 3.8) is 0 Å². The van der Waals surface area contributed by atoms with E-state index in [1.807, 2.05) is 33.8 Å². The van der Waals surface area contributed by atoms with E-state index >= 15 is 0 Å². The van der Waals surface area contributed by atoms with Gasteiger partial charge >= 0.3 is 0 Å². The zero-order valence-corrected chi connectivity index (χ0v) is 12.7. The second kappa shape index (κ2) is 5.51. The number of carbonyl (C=O) groups excluding carboxylic acids is 1. The van der Waals surface area contributed by atoms with E-state index in [0.717, 1.165) is 11.3 Å². The van der Waals surface area contributed by atoms with Crippen LogP contribution in [0.25, 0.3) is 0 Å². The molecule has 112 valence electrons. The summed E-state index contributed by atoms with van der Waals surface area (Å²) in [4.78, 5) is 12.8. The van der Waals surface area contributed by atoms with E-state index in [4.69, 9.17) is 5.73 Å². The number of aromatic nitrogens is 4. The van der Waals surface area contributed by atoms with Gasteiger partial charge in [0.2, 0.25) is 5.91 Å². The molecular formula is C14H20N6O. The Labute approximate surface area is 123 Å². The van der Waals surface area contributed by atoms with Gasteiger partial charge in [-0.15, -0.1) is 10.2 Å². The molecule has 1 heterocycles. The first-order valence-electron chi connectivity index (χ1n) is 6.71. The lowest BCUT2D eigenvalue weighted by molar-refractivity contribution is 0.0999. The summed E-state index contributed by atoms with van der Waals surface area (Å²) in [5.74, 6) is 0.190. The molecule has 0 saturated carbocycles. The standard InChI is InChI=1S/C14H20N6O/c1-9-7-10(5-6-11(9)13(15)21)16-8-12-17-19-20(18-12)14(2,3)4/h5-7,16H,8H2,1-4H3,(H2,15,21). The maximum Gasteiger partial charge on any atom is 0.248 e. The summed E-state index contributed by atoms with van der Waals surface area (Å²) >= 11 is 0. The van der Waals surface area contributed by atoms with Gasteiger partial charge in [-0.2, -0.15) is 4.80 Å². The number of rotatable bonds is 4. The van der Waals surface area contributed by atoms with Crippen LogP contribution < -0.4 is 11.1 Å². The van der Waals surface area contributed by atoms with Gasteiger partial charge in [0.25, 0.3) is 0 Å². The SMILES string of the molecule is Cc1cc(NCc2nnn(C(C)(C)C)n2)ccc1C(N)=O. The second-order valence-electron chi connectivity index (χ2n) is 5.91. The summed E-state index contributed by atoms with van der Waals surface area (Å²) in [6.07, 6.45) is 0. The second-order valence-corrected chi connectivity index (χ2v) is 5.91. The molecule has 1 aromatic carbocycles. The van der Waals surface area contributed by atoms with Gasteiger partial charge in [0.15, 0.2) is 5.82 Å². The minimum Gasteiger partial charge on any atom is -0.378 e. The van der Waals surface area contributed by atoms with Crippen molar-refractivity contribution in [2.24, 2.45) is 5.73 Å². The van der Waals surface area contributed by atoms with Crippen molar-refractivity contribution in [1.82, 2.24) is 20.2 Å². The Morgan fingerprint density at radius 2 is 2.10 bits per heavy atom. The first kappa shape index (κ1) is 15.0. The van der Waals surface area contributed by atoms with E-state index in [-0.39, 0.29) is 5.54 Å². The molecular weight excluding hydrogens is 268 g/mol. The fourth-order valence-corrected chi connectivity index (χ4v) is 1.83. The van der Waals surface area contributed by atoms with Crippen molar-refractivity contribution in [3.05, 3.63) is 35.2 Å². The monoisotopic (exact) mass is 288 g/mol. The number of amides is 1. The van der Waals surface area contributed by atoms with Crippen LogP contribution in [0, 0.1) is 6.92 Å². The highest BCUT2D eigenvalue weighted by molar-refractivity contribution is 5.94. The molecule has 3 N–H and O–H groups in total. The van der Waals surface area contributed by atoms with Gasteiger partial charge in [0.05, 0.1) is 12.1 Å². The highest BCUT2D eigenvalue weighted by Gasteiger charge is 2.16. The van der Waals surface area contributed by atoms with Gasteiger partial charge in [-0.05, 0) is 56.7 Å². The summed E-state index contributed by atoms with van der Waals surface area (Å²) < 4.78 is 0. The lowest BCUT2D eigenvalue weighted by Gasteiger charge is -2.15. The van der Waals surface area contributed by atoms with E-state index in [9.17, 15) is 4.79 Å². The number of hydrogen-bond donors (Lipinski definition) is 2. The van der Waals surface area contributed by atoms with Gasteiger partial charge in [-0.3, -0.25) is 4.79 Å². The first-order chi connectivity index (χ1) is 9.77. The smallest absolute Gasteiger partial charge is 0.248 e. The van der Waals surface area contributed by atoms with Gasteiger partial charge in [0.1, 0.15) is 0 Å². The molecule has 0 aliphatic rings. The van der Waals surface area contributed by atoms with E-state index in [1.165, 1.54) is 0 Å². The number of carbonyl (C=O) groups is 1. The number of nitrogens with two attached hydrogens (primary N) is 1. The molecule has 7 heteroatoms. The van der Waals surface area contributed by atoms with E-state index in [0.29, 0.717) is 17.9 Å². The Kier molecular flexibility index (Phi) is 3.93. The highest BCUT2D eigenvalue weighted by atomic mass is 16.1. The molecule has 0 unspecified atom stereocenters. The van der Waals surface area contributed by atoms with E-state index in [1.54, 1.807) is 16.9 Å². The Morgan fingerprint density at radius 1 is 1.38 bits per heavy atom. The fraction of sp³-hybridized carbons (Fsp3) is 0.429. The van der Waals surface area contributed by atoms with Crippen molar-refractivity contribution in [2.45, 2.75) is 39.8 Å². The average molecular weight is 288 g/mol. The maximum absolute atomic E-state index is 11.2. The molecule has 0 spiro atoms. The number of aryl methyl sites for hydroxylation is 1. The number of nitrogens with zero attached hydrogens (tertiary/aromatic N) is 4. The largest absolute Gasteiger partial charge is 0.378 e. The van der Waals surface area contributed by atoms with Crippen molar-refractivity contribution in [2.75, 3.05) is 5.32 Å². The quantitative estimate of drug-likeness (QED) is 0.887. The Morgan fingerprint density at radius 3 is 2.62 bits per heavy atom. The third-order valence-corrected chi connectivity index (χ3v) is 3.00. The van der Waals surface area contributed by atoms with Crippen LogP contribution in [-0.4, -0.2) is 26.1 Å². The molecule has 2 rings (SSSR count). The molecule has 0 saturated heterocycles. The number of primary amides is 1. The number of nitrogens with one attached hydrogen (secondary N) is 1. The van der Waals surface area contributed by atoms with Crippen LogP contribution in [-0.2, 0) is 12.1 Å². The minimum absolute atomic E-state index is 0.190. The van der Waals surface area contributed by atoms with Crippen molar-refractivity contribution in [1.29, 1.82) is 0 Å². The van der Waals surface area contributed by atoms with Crippen molar-refractivity contribution in [3.8, 4) is 0 Å². The predicted molar refractivity (Wildman–Crippen MR) is 79.8 cm³/mol.